The van der Waals surface area contributed by atoms with E-state index in [-0.39, 0.29) is 0 Å². The lowest BCUT2D eigenvalue weighted by Crippen LogP contribution is -2.33. The lowest BCUT2D eigenvalue weighted by Gasteiger charge is -2.40. The van der Waals surface area contributed by atoms with Crippen LogP contribution in [0.5, 0.6) is 0 Å². The molecule has 2 nitrogen and oxygen atoms in total. The first-order chi connectivity index (χ1) is 6.23. The van der Waals surface area contributed by atoms with E-state index in [1.807, 2.05) is 0 Å². The van der Waals surface area contributed by atoms with Crippen LogP contribution in [-0.4, -0.2) is 16.5 Å². The van der Waals surface area contributed by atoms with E-state index >= 15 is 0 Å². The number of rotatable bonds is 2. The van der Waals surface area contributed by atoms with E-state index in [0.29, 0.717) is 11.8 Å². The fourth-order valence-electron chi connectivity index (χ4n) is 3.59. The zero-order valence-corrected chi connectivity index (χ0v) is 8.21. The molecule has 2 aliphatic carbocycles. The molecule has 0 radical (unpaired) electrons. The van der Waals surface area contributed by atoms with Crippen molar-refractivity contribution >= 4 is 0 Å². The molecule has 2 rings (SSSR count). The Kier molecular flexibility index (Phi) is 2.61. The lowest BCUT2D eigenvalue weighted by atomic mass is 9.66. The standard InChI is InChI=1S/C11H20O2/c12-10(13)8-11-6-2-1-4-9(11)5-3-7-11/h9-10,12-13H,1-8H2/t9-,11+/m1/s1. The van der Waals surface area contributed by atoms with Gasteiger partial charge in [-0.15, -0.1) is 0 Å². The van der Waals surface area contributed by atoms with Gasteiger partial charge in [-0.25, -0.2) is 0 Å². The summed E-state index contributed by atoms with van der Waals surface area (Å²) in [4.78, 5) is 0. The molecule has 2 N–H and O–H groups in total. The minimum atomic E-state index is -1.08. The van der Waals surface area contributed by atoms with E-state index in [4.69, 9.17) is 10.2 Å². The van der Waals surface area contributed by atoms with Crippen LogP contribution < -0.4 is 0 Å². The maximum Gasteiger partial charge on any atom is 0.151 e. The topological polar surface area (TPSA) is 40.5 Å². The van der Waals surface area contributed by atoms with Crippen LogP contribution in [0, 0.1) is 11.3 Å². The molecule has 2 aliphatic rings. The molecule has 0 aromatic carbocycles. The van der Waals surface area contributed by atoms with E-state index in [1.165, 1.54) is 44.9 Å². The molecule has 0 amide bonds. The number of hydrogen-bond donors (Lipinski definition) is 2. The molecule has 0 heterocycles. The molecule has 0 aliphatic heterocycles. The van der Waals surface area contributed by atoms with Crippen molar-refractivity contribution < 1.29 is 10.2 Å². The third-order valence-electron chi connectivity index (χ3n) is 4.16. The van der Waals surface area contributed by atoms with Gasteiger partial charge in [-0.2, -0.15) is 0 Å². The number of aliphatic hydroxyl groups excluding tert-OH is 1. The Bertz CT molecular complexity index is 179. The van der Waals surface area contributed by atoms with Gasteiger partial charge in [0.25, 0.3) is 0 Å². The highest BCUT2D eigenvalue weighted by Gasteiger charge is 2.44. The van der Waals surface area contributed by atoms with Gasteiger partial charge in [0.15, 0.2) is 6.29 Å². The van der Waals surface area contributed by atoms with Crippen LogP contribution in [-0.2, 0) is 0 Å². The lowest BCUT2D eigenvalue weighted by molar-refractivity contribution is -0.0869. The van der Waals surface area contributed by atoms with Gasteiger partial charge in [-0.1, -0.05) is 19.3 Å². The highest BCUT2D eigenvalue weighted by atomic mass is 16.5. The summed E-state index contributed by atoms with van der Waals surface area (Å²) in [5.41, 5.74) is 0.312. The Labute approximate surface area is 80.0 Å². The second-order valence-electron chi connectivity index (χ2n) is 4.88. The first-order valence-electron chi connectivity index (χ1n) is 5.59. The van der Waals surface area contributed by atoms with Gasteiger partial charge in [0, 0.05) is 6.42 Å². The average Bonchev–Trinajstić information content (AvgIpc) is 2.45. The predicted octanol–water partition coefficient (Wildman–Crippen LogP) is 2.05. The van der Waals surface area contributed by atoms with Gasteiger partial charge >= 0.3 is 0 Å². The molecule has 0 unspecified atom stereocenters. The molecule has 2 saturated carbocycles. The van der Waals surface area contributed by atoms with Crippen LogP contribution in [0.15, 0.2) is 0 Å². The zero-order valence-electron chi connectivity index (χ0n) is 8.21. The number of hydrogen-bond acceptors (Lipinski definition) is 2. The van der Waals surface area contributed by atoms with E-state index in [1.54, 1.807) is 0 Å². The van der Waals surface area contributed by atoms with Gasteiger partial charge < -0.3 is 10.2 Å². The minimum absolute atomic E-state index is 0.312. The quantitative estimate of drug-likeness (QED) is 0.645. The molecule has 0 aromatic heterocycles. The summed E-state index contributed by atoms with van der Waals surface area (Å²) in [5, 5.41) is 18.2. The molecule has 0 spiro atoms. The SMILES string of the molecule is OC(O)C[C@@]12CCCC[C@@H]1CCC2. The highest BCUT2D eigenvalue weighted by molar-refractivity contribution is 4.94. The van der Waals surface area contributed by atoms with Gasteiger partial charge in [-0.3, -0.25) is 0 Å². The summed E-state index contributed by atoms with van der Waals surface area (Å²) in [6, 6.07) is 0. The van der Waals surface area contributed by atoms with Crippen LogP contribution in [0.25, 0.3) is 0 Å². The Morgan fingerprint density at radius 2 is 1.77 bits per heavy atom. The fraction of sp³-hybridized carbons (Fsp3) is 1.00. The van der Waals surface area contributed by atoms with Crippen molar-refractivity contribution in [2.24, 2.45) is 11.3 Å². The Balaban J connectivity index is 2.06. The largest absolute Gasteiger partial charge is 0.368 e. The second-order valence-corrected chi connectivity index (χ2v) is 4.88. The van der Waals surface area contributed by atoms with Crippen molar-refractivity contribution in [1.29, 1.82) is 0 Å². The van der Waals surface area contributed by atoms with Crippen molar-refractivity contribution in [1.82, 2.24) is 0 Å². The maximum atomic E-state index is 9.10. The molecule has 0 bridgehead atoms. The van der Waals surface area contributed by atoms with Crippen LogP contribution in [0.2, 0.25) is 0 Å². The Morgan fingerprint density at radius 3 is 2.54 bits per heavy atom. The van der Waals surface area contributed by atoms with Crippen LogP contribution in [0.1, 0.15) is 51.4 Å². The van der Waals surface area contributed by atoms with Gasteiger partial charge in [-0.05, 0) is 37.0 Å². The van der Waals surface area contributed by atoms with E-state index < -0.39 is 6.29 Å². The summed E-state index contributed by atoms with van der Waals surface area (Å²) in [7, 11) is 0. The Morgan fingerprint density at radius 1 is 1.08 bits per heavy atom. The molecular formula is C11H20O2. The summed E-state index contributed by atoms with van der Waals surface area (Å²) in [6.07, 6.45) is 8.61. The van der Waals surface area contributed by atoms with Crippen molar-refractivity contribution in [2.75, 3.05) is 0 Å². The predicted molar refractivity (Wildman–Crippen MR) is 51.1 cm³/mol. The van der Waals surface area contributed by atoms with Crippen LogP contribution in [0.4, 0.5) is 0 Å². The molecule has 2 fully saturated rings. The van der Waals surface area contributed by atoms with Crippen LogP contribution in [0.3, 0.4) is 0 Å². The molecule has 0 saturated heterocycles. The monoisotopic (exact) mass is 184 g/mol. The van der Waals surface area contributed by atoms with Crippen molar-refractivity contribution in [3.63, 3.8) is 0 Å². The molecule has 13 heavy (non-hydrogen) atoms. The fourth-order valence-corrected chi connectivity index (χ4v) is 3.59. The summed E-state index contributed by atoms with van der Waals surface area (Å²) in [5.74, 6) is 0.794. The molecule has 76 valence electrons. The van der Waals surface area contributed by atoms with E-state index in [2.05, 4.69) is 0 Å². The van der Waals surface area contributed by atoms with E-state index in [0.717, 1.165) is 5.92 Å². The smallest absolute Gasteiger partial charge is 0.151 e. The van der Waals surface area contributed by atoms with Gasteiger partial charge in [0.2, 0.25) is 0 Å². The summed E-state index contributed by atoms with van der Waals surface area (Å²) in [6.45, 7) is 0. The van der Waals surface area contributed by atoms with E-state index in [9.17, 15) is 0 Å². The summed E-state index contributed by atoms with van der Waals surface area (Å²) >= 11 is 0. The average molecular weight is 184 g/mol. The normalized spacial score (nSPS) is 39.5. The number of fused-ring (bicyclic) bond motifs is 1. The van der Waals surface area contributed by atoms with Crippen molar-refractivity contribution in [2.45, 2.75) is 57.7 Å². The first kappa shape index (κ1) is 9.47. The van der Waals surface area contributed by atoms with Gasteiger partial charge in [0.1, 0.15) is 0 Å². The minimum Gasteiger partial charge on any atom is -0.368 e. The molecule has 2 atom stereocenters. The van der Waals surface area contributed by atoms with Crippen molar-refractivity contribution in [3.05, 3.63) is 0 Å². The van der Waals surface area contributed by atoms with Crippen LogP contribution >= 0.6 is 0 Å². The maximum absolute atomic E-state index is 9.10. The highest BCUT2D eigenvalue weighted by Crippen LogP contribution is 2.54. The Hall–Kier alpha value is -0.0800. The van der Waals surface area contributed by atoms with Gasteiger partial charge in [0.05, 0.1) is 0 Å². The first-order valence-corrected chi connectivity index (χ1v) is 5.59. The third kappa shape index (κ3) is 1.75. The molecular weight excluding hydrogens is 164 g/mol. The summed E-state index contributed by atoms with van der Waals surface area (Å²) < 4.78 is 0. The molecule has 2 heteroatoms. The number of aliphatic hydroxyl groups is 2. The van der Waals surface area contributed by atoms with Crippen molar-refractivity contribution in [3.8, 4) is 0 Å². The third-order valence-corrected chi connectivity index (χ3v) is 4.16. The second kappa shape index (κ2) is 3.58. The molecule has 0 aromatic rings. The zero-order chi connectivity index (χ0) is 9.31.